The van der Waals surface area contributed by atoms with Gasteiger partial charge in [0, 0.05) is 5.69 Å². The molecule has 0 unspecified atom stereocenters. The first-order valence-corrected chi connectivity index (χ1v) is 6.48. The first-order valence-electron chi connectivity index (χ1n) is 5.29. The minimum Gasteiger partial charge on any atom is -0.506 e. The van der Waals surface area contributed by atoms with Crippen molar-refractivity contribution < 1.29 is 5.11 Å². The Kier molecular flexibility index (Phi) is 2.61. The fourth-order valence-corrected chi connectivity index (χ4v) is 2.98. The second-order valence-electron chi connectivity index (χ2n) is 3.89. The van der Waals surface area contributed by atoms with E-state index in [0.29, 0.717) is 16.3 Å². The molecule has 5 heteroatoms. The monoisotopic (exact) mass is 276 g/mol. The van der Waals surface area contributed by atoms with Crippen LogP contribution < -0.4 is 5.73 Å². The summed E-state index contributed by atoms with van der Waals surface area (Å²) in [5.41, 5.74) is 7.72. The van der Waals surface area contributed by atoms with Crippen LogP contribution in [0.3, 0.4) is 0 Å². The Bertz CT molecular complexity index is 706. The molecule has 0 radical (unpaired) electrons. The van der Waals surface area contributed by atoms with Crippen LogP contribution in [-0.4, -0.2) is 10.1 Å². The second-order valence-corrected chi connectivity index (χ2v) is 5.32. The molecule has 2 aromatic carbocycles. The third kappa shape index (κ3) is 1.79. The van der Waals surface area contributed by atoms with Gasteiger partial charge in [0.25, 0.3) is 0 Å². The number of para-hydroxylation sites is 1. The first kappa shape index (κ1) is 11.3. The molecule has 0 aliphatic heterocycles. The van der Waals surface area contributed by atoms with Crippen molar-refractivity contribution in [3.8, 4) is 16.3 Å². The van der Waals surface area contributed by atoms with E-state index in [1.165, 1.54) is 17.4 Å². The third-order valence-corrected chi connectivity index (χ3v) is 3.97. The van der Waals surface area contributed by atoms with Crippen molar-refractivity contribution in [3.63, 3.8) is 0 Å². The number of benzene rings is 2. The molecule has 3 rings (SSSR count). The maximum atomic E-state index is 9.98. The number of nitrogens with two attached hydrogens (primary N) is 1. The zero-order valence-electron chi connectivity index (χ0n) is 9.22. The van der Waals surface area contributed by atoms with Gasteiger partial charge in [-0.05, 0) is 24.3 Å². The predicted octanol–water partition coefficient (Wildman–Crippen LogP) is 3.90. The van der Waals surface area contributed by atoms with Crippen molar-refractivity contribution in [1.29, 1.82) is 0 Å². The molecule has 0 aliphatic rings. The van der Waals surface area contributed by atoms with Gasteiger partial charge in [-0.1, -0.05) is 23.7 Å². The molecule has 0 bridgehead atoms. The highest BCUT2D eigenvalue weighted by Gasteiger charge is 2.13. The Morgan fingerprint density at radius 3 is 2.78 bits per heavy atom. The van der Waals surface area contributed by atoms with Gasteiger partial charge in [-0.2, -0.15) is 0 Å². The number of phenols is 1. The molecular formula is C13H9ClN2OS. The lowest BCUT2D eigenvalue weighted by atomic mass is 10.2. The average Bonchev–Trinajstić information content (AvgIpc) is 2.77. The van der Waals surface area contributed by atoms with Gasteiger partial charge in [0.05, 0.1) is 20.8 Å². The summed E-state index contributed by atoms with van der Waals surface area (Å²) in [5.74, 6) is 0.0184. The molecule has 18 heavy (non-hydrogen) atoms. The lowest BCUT2D eigenvalue weighted by molar-refractivity contribution is 0.477. The van der Waals surface area contributed by atoms with E-state index in [0.717, 1.165) is 10.2 Å². The number of phenolic OH excluding ortho intramolecular Hbond substituents is 1. The van der Waals surface area contributed by atoms with Crippen molar-refractivity contribution >= 4 is 38.8 Å². The van der Waals surface area contributed by atoms with E-state index in [-0.39, 0.29) is 10.8 Å². The Labute approximate surface area is 112 Å². The van der Waals surface area contributed by atoms with Crippen LogP contribution in [0.2, 0.25) is 5.02 Å². The topological polar surface area (TPSA) is 59.1 Å². The fraction of sp³-hybridized carbons (Fsp3) is 0. The summed E-state index contributed by atoms with van der Waals surface area (Å²) in [6.07, 6.45) is 0. The van der Waals surface area contributed by atoms with Gasteiger partial charge in [-0.25, -0.2) is 4.98 Å². The van der Waals surface area contributed by atoms with Gasteiger partial charge in [0.1, 0.15) is 10.8 Å². The van der Waals surface area contributed by atoms with Crippen LogP contribution in [0.25, 0.3) is 20.8 Å². The zero-order valence-corrected chi connectivity index (χ0v) is 10.8. The third-order valence-electron chi connectivity index (χ3n) is 2.61. The molecule has 0 spiro atoms. The van der Waals surface area contributed by atoms with E-state index < -0.39 is 0 Å². The molecule has 3 aromatic rings. The van der Waals surface area contributed by atoms with Gasteiger partial charge in [0.2, 0.25) is 0 Å². The second kappa shape index (κ2) is 4.15. The first-order chi connectivity index (χ1) is 8.65. The summed E-state index contributed by atoms with van der Waals surface area (Å²) < 4.78 is 1.06. The lowest BCUT2D eigenvalue weighted by Gasteiger charge is -2.04. The number of halogens is 1. The van der Waals surface area contributed by atoms with Gasteiger partial charge < -0.3 is 10.8 Å². The van der Waals surface area contributed by atoms with Gasteiger partial charge >= 0.3 is 0 Å². The molecule has 0 amide bonds. The number of nitrogens with zero attached hydrogens (tertiary/aromatic N) is 1. The van der Waals surface area contributed by atoms with Crippen LogP contribution in [0.5, 0.6) is 5.75 Å². The summed E-state index contributed by atoms with van der Waals surface area (Å²) >= 11 is 7.41. The van der Waals surface area contributed by atoms with E-state index in [4.69, 9.17) is 17.3 Å². The molecule has 90 valence electrons. The molecule has 0 saturated carbocycles. The van der Waals surface area contributed by atoms with Crippen molar-refractivity contribution in [2.75, 3.05) is 5.73 Å². The highest BCUT2D eigenvalue weighted by molar-refractivity contribution is 7.21. The highest BCUT2D eigenvalue weighted by Crippen LogP contribution is 2.40. The van der Waals surface area contributed by atoms with E-state index >= 15 is 0 Å². The molecule has 0 fully saturated rings. The van der Waals surface area contributed by atoms with Gasteiger partial charge in [-0.3, -0.25) is 0 Å². The van der Waals surface area contributed by atoms with Crippen molar-refractivity contribution in [3.05, 3.63) is 41.4 Å². The standard InChI is InChI=1S/C13H9ClN2OS/c14-9-6-7(15)5-8(12(9)17)13-16-10-3-1-2-4-11(10)18-13/h1-6,17H,15H2. The summed E-state index contributed by atoms with van der Waals surface area (Å²) in [7, 11) is 0. The number of aromatic hydroxyl groups is 1. The number of anilines is 1. The minimum absolute atomic E-state index is 0.0184. The zero-order chi connectivity index (χ0) is 12.7. The van der Waals surface area contributed by atoms with Crippen LogP contribution >= 0.6 is 22.9 Å². The molecular weight excluding hydrogens is 268 g/mol. The molecule has 1 aromatic heterocycles. The van der Waals surface area contributed by atoms with E-state index in [2.05, 4.69) is 4.98 Å². The minimum atomic E-state index is 0.0184. The quantitative estimate of drug-likeness (QED) is 0.523. The van der Waals surface area contributed by atoms with Gasteiger partial charge in [0.15, 0.2) is 0 Å². The Balaban J connectivity index is 2.26. The summed E-state index contributed by atoms with van der Waals surface area (Å²) in [6.45, 7) is 0. The Morgan fingerprint density at radius 2 is 2.00 bits per heavy atom. The fourth-order valence-electron chi connectivity index (χ4n) is 1.77. The van der Waals surface area contributed by atoms with Crippen LogP contribution in [-0.2, 0) is 0 Å². The normalized spacial score (nSPS) is 10.9. The van der Waals surface area contributed by atoms with Crippen LogP contribution in [0, 0.1) is 0 Å². The number of thiazole rings is 1. The van der Waals surface area contributed by atoms with E-state index in [9.17, 15) is 5.11 Å². The predicted molar refractivity (Wildman–Crippen MR) is 76.1 cm³/mol. The molecule has 1 heterocycles. The number of hydrogen-bond acceptors (Lipinski definition) is 4. The number of aromatic nitrogens is 1. The molecule has 3 nitrogen and oxygen atoms in total. The van der Waals surface area contributed by atoms with E-state index in [1.54, 1.807) is 6.07 Å². The molecule has 0 aliphatic carbocycles. The van der Waals surface area contributed by atoms with Crippen molar-refractivity contribution in [2.45, 2.75) is 0 Å². The number of nitrogen functional groups attached to an aromatic ring is 1. The number of rotatable bonds is 1. The summed E-state index contributed by atoms with van der Waals surface area (Å²) in [5, 5.41) is 10.9. The molecule has 0 saturated heterocycles. The summed E-state index contributed by atoms with van der Waals surface area (Å²) in [6, 6.07) is 11.0. The smallest absolute Gasteiger partial charge is 0.144 e. The largest absolute Gasteiger partial charge is 0.506 e. The maximum Gasteiger partial charge on any atom is 0.144 e. The number of hydrogen-bond donors (Lipinski definition) is 2. The van der Waals surface area contributed by atoms with Crippen molar-refractivity contribution in [2.24, 2.45) is 0 Å². The lowest BCUT2D eigenvalue weighted by Crippen LogP contribution is -1.87. The van der Waals surface area contributed by atoms with Gasteiger partial charge in [-0.15, -0.1) is 11.3 Å². The van der Waals surface area contributed by atoms with Crippen LogP contribution in [0.4, 0.5) is 5.69 Å². The number of fused-ring (bicyclic) bond motifs is 1. The Hall–Kier alpha value is -1.78. The highest BCUT2D eigenvalue weighted by atomic mass is 35.5. The SMILES string of the molecule is Nc1cc(Cl)c(O)c(-c2nc3ccccc3s2)c1. The van der Waals surface area contributed by atoms with Crippen molar-refractivity contribution in [1.82, 2.24) is 4.98 Å². The van der Waals surface area contributed by atoms with Crippen LogP contribution in [0.15, 0.2) is 36.4 Å². The Morgan fingerprint density at radius 1 is 1.22 bits per heavy atom. The maximum absolute atomic E-state index is 9.98. The molecule has 0 atom stereocenters. The average molecular weight is 277 g/mol. The summed E-state index contributed by atoms with van der Waals surface area (Å²) in [4.78, 5) is 4.47. The van der Waals surface area contributed by atoms with Crippen LogP contribution in [0.1, 0.15) is 0 Å². The molecule has 3 N–H and O–H groups in total. The van der Waals surface area contributed by atoms with E-state index in [1.807, 2.05) is 24.3 Å².